The predicted molar refractivity (Wildman–Crippen MR) is 69.8 cm³/mol. The summed E-state index contributed by atoms with van der Waals surface area (Å²) in [4.78, 5) is 4.36. The standard InChI is InChI=1S/C13H14BrNO/c1-9(2)8-16-12-6-5-11(14)10-4-3-7-15-13(10)12/h3-7,9H,8H2,1-2H3. The number of benzene rings is 1. The van der Waals surface area contributed by atoms with Gasteiger partial charge in [0.2, 0.25) is 0 Å². The number of aromatic nitrogens is 1. The number of pyridine rings is 1. The second kappa shape index (κ2) is 4.83. The fourth-order valence-electron chi connectivity index (χ4n) is 1.48. The lowest BCUT2D eigenvalue weighted by atomic mass is 10.2. The molecule has 0 unspecified atom stereocenters. The molecule has 2 rings (SSSR count). The van der Waals surface area contributed by atoms with Crippen LogP contribution < -0.4 is 4.74 Å². The number of nitrogens with zero attached hydrogens (tertiary/aromatic N) is 1. The molecule has 0 bridgehead atoms. The van der Waals surface area contributed by atoms with Gasteiger partial charge in [-0.05, 0) is 24.1 Å². The minimum Gasteiger partial charge on any atom is -0.491 e. The Kier molecular flexibility index (Phi) is 3.44. The Balaban J connectivity index is 2.42. The minimum absolute atomic E-state index is 0.516. The highest BCUT2D eigenvalue weighted by atomic mass is 79.9. The quantitative estimate of drug-likeness (QED) is 0.846. The highest BCUT2D eigenvalue weighted by Crippen LogP contribution is 2.29. The van der Waals surface area contributed by atoms with Crippen molar-refractivity contribution in [3.05, 3.63) is 34.9 Å². The van der Waals surface area contributed by atoms with Crippen molar-refractivity contribution in [2.45, 2.75) is 13.8 Å². The van der Waals surface area contributed by atoms with Crippen molar-refractivity contribution < 1.29 is 4.74 Å². The zero-order chi connectivity index (χ0) is 11.5. The summed E-state index contributed by atoms with van der Waals surface area (Å²) < 4.78 is 6.80. The molecular weight excluding hydrogens is 266 g/mol. The van der Waals surface area contributed by atoms with E-state index in [-0.39, 0.29) is 0 Å². The van der Waals surface area contributed by atoms with Crippen LogP contribution in [0.15, 0.2) is 34.9 Å². The molecule has 1 heterocycles. The molecule has 3 heteroatoms. The van der Waals surface area contributed by atoms with E-state index in [4.69, 9.17) is 4.74 Å². The van der Waals surface area contributed by atoms with Crippen molar-refractivity contribution in [3.63, 3.8) is 0 Å². The number of hydrogen-bond acceptors (Lipinski definition) is 2. The molecule has 0 aliphatic heterocycles. The fraction of sp³-hybridized carbons (Fsp3) is 0.308. The van der Waals surface area contributed by atoms with Crippen LogP contribution in [0.4, 0.5) is 0 Å². The van der Waals surface area contributed by atoms with Gasteiger partial charge in [-0.25, -0.2) is 0 Å². The van der Waals surface area contributed by atoms with Crippen LogP contribution in [0.2, 0.25) is 0 Å². The van der Waals surface area contributed by atoms with Gasteiger partial charge in [0, 0.05) is 16.1 Å². The monoisotopic (exact) mass is 279 g/mol. The maximum atomic E-state index is 5.75. The average Bonchev–Trinajstić information content (AvgIpc) is 2.28. The van der Waals surface area contributed by atoms with Gasteiger partial charge in [0.15, 0.2) is 0 Å². The molecule has 0 saturated carbocycles. The second-order valence-corrected chi connectivity index (χ2v) is 5.00. The third-order valence-corrected chi connectivity index (χ3v) is 2.94. The average molecular weight is 280 g/mol. The molecule has 84 valence electrons. The molecule has 0 aliphatic rings. The third-order valence-electron chi connectivity index (χ3n) is 2.25. The molecular formula is C13H14BrNO. The highest BCUT2D eigenvalue weighted by molar-refractivity contribution is 9.10. The summed E-state index contributed by atoms with van der Waals surface area (Å²) in [5.41, 5.74) is 0.914. The number of rotatable bonds is 3. The molecule has 1 aromatic carbocycles. The van der Waals surface area contributed by atoms with Gasteiger partial charge in [0.25, 0.3) is 0 Å². The first-order chi connectivity index (χ1) is 7.68. The van der Waals surface area contributed by atoms with Crippen LogP contribution in [0.1, 0.15) is 13.8 Å². The molecule has 2 aromatic rings. The Bertz CT molecular complexity index is 496. The number of ether oxygens (including phenoxy) is 1. The molecule has 0 N–H and O–H groups in total. The first kappa shape index (κ1) is 11.4. The van der Waals surface area contributed by atoms with Crippen LogP contribution in [0, 0.1) is 5.92 Å². The third kappa shape index (κ3) is 2.35. The lowest BCUT2D eigenvalue weighted by molar-refractivity contribution is 0.273. The Labute approximate surface area is 104 Å². The van der Waals surface area contributed by atoms with Gasteiger partial charge < -0.3 is 4.74 Å². The van der Waals surface area contributed by atoms with Crippen molar-refractivity contribution in [1.29, 1.82) is 0 Å². The van der Waals surface area contributed by atoms with E-state index in [1.54, 1.807) is 6.20 Å². The fourth-order valence-corrected chi connectivity index (χ4v) is 1.94. The van der Waals surface area contributed by atoms with Gasteiger partial charge in [-0.1, -0.05) is 35.8 Å². The Hall–Kier alpha value is -1.09. The van der Waals surface area contributed by atoms with Crippen LogP contribution in [0.3, 0.4) is 0 Å². The maximum Gasteiger partial charge on any atom is 0.145 e. The van der Waals surface area contributed by atoms with Crippen LogP contribution in [-0.4, -0.2) is 11.6 Å². The summed E-state index contributed by atoms with van der Waals surface area (Å²) in [6, 6.07) is 7.93. The first-order valence-corrected chi connectivity index (χ1v) is 6.14. The zero-order valence-corrected chi connectivity index (χ0v) is 11.0. The Morgan fingerprint density at radius 1 is 1.31 bits per heavy atom. The van der Waals surface area contributed by atoms with Crippen molar-refractivity contribution >= 4 is 26.8 Å². The van der Waals surface area contributed by atoms with E-state index >= 15 is 0 Å². The minimum atomic E-state index is 0.516. The summed E-state index contributed by atoms with van der Waals surface area (Å²) in [7, 11) is 0. The first-order valence-electron chi connectivity index (χ1n) is 5.34. The van der Waals surface area contributed by atoms with E-state index in [0.29, 0.717) is 12.5 Å². The summed E-state index contributed by atoms with van der Waals surface area (Å²) in [5.74, 6) is 1.37. The van der Waals surface area contributed by atoms with Crippen molar-refractivity contribution in [1.82, 2.24) is 4.98 Å². The van der Waals surface area contributed by atoms with Gasteiger partial charge in [-0.15, -0.1) is 0 Å². The largest absolute Gasteiger partial charge is 0.491 e. The molecule has 0 spiro atoms. The van der Waals surface area contributed by atoms with Gasteiger partial charge in [0.1, 0.15) is 11.3 Å². The summed E-state index contributed by atoms with van der Waals surface area (Å²) in [6.45, 7) is 4.98. The molecule has 0 amide bonds. The Morgan fingerprint density at radius 2 is 2.12 bits per heavy atom. The topological polar surface area (TPSA) is 22.1 Å². The summed E-state index contributed by atoms with van der Waals surface area (Å²) in [6.07, 6.45) is 1.79. The van der Waals surface area contributed by atoms with Crippen molar-refractivity contribution in [2.24, 2.45) is 5.92 Å². The van der Waals surface area contributed by atoms with E-state index in [1.807, 2.05) is 24.3 Å². The highest BCUT2D eigenvalue weighted by Gasteiger charge is 2.06. The van der Waals surface area contributed by atoms with Crippen LogP contribution in [0.25, 0.3) is 10.9 Å². The molecule has 2 nitrogen and oxygen atoms in total. The van der Waals surface area contributed by atoms with E-state index < -0.39 is 0 Å². The number of halogens is 1. The van der Waals surface area contributed by atoms with Crippen LogP contribution in [-0.2, 0) is 0 Å². The van der Waals surface area contributed by atoms with Gasteiger partial charge in [-0.3, -0.25) is 4.98 Å². The molecule has 0 fully saturated rings. The van der Waals surface area contributed by atoms with Gasteiger partial charge >= 0.3 is 0 Å². The summed E-state index contributed by atoms with van der Waals surface area (Å²) in [5, 5.41) is 1.09. The lowest BCUT2D eigenvalue weighted by Gasteiger charge is -2.11. The second-order valence-electron chi connectivity index (χ2n) is 4.15. The smallest absolute Gasteiger partial charge is 0.145 e. The number of hydrogen-bond donors (Lipinski definition) is 0. The van der Waals surface area contributed by atoms with Crippen molar-refractivity contribution in [2.75, 3.05) is 6.61 Å². The maximum absolute atomic E-state index is 5.75. The molecule has 1 aromatic heterocycles. The molecule has 0 radical (unpaired) electrons. The molecule has 0 aliphatic carbocycles. The SMILES string of the molecule is CC(C)COc1ccc(Br)c2cccnc12. The molecule has 0 saturated heterocycles. The zero-order valence-electron chi connectivity index (χ0n) is 9.40. The normalized spacial score (nSPS) is 11.0. The van der Waals surface area contributed by atoms with Gasteiger partial charge in [0.05, 0.1) is 6.61 Å². The molecule has 0 atom stereocenters. The van der Waals surface area contributed by atoms with Gasteiger partial charge in [-0.2, -0.15) is 0 Å². The van der Waals surface area contributed by atoms with E-state index in [1.165, 1.54) is 0 Å². The van der Waals surface area contributed by atoms with Crippen molar-refractivity contribution in [3.8, 4) is 5.75 Å². The molecule has 16 heavy (non-hydrogen) atoms. The predicted octanol–water partition coefficient (Wildman–Crippen LogP) is 4.03. The van der Waals surface area contributed by atoms with E-state index in [2.05, 4.69) is 34.8 Å². The van der Waals surface area contributed by atoms with E-state index in [9.17, 15) is 0 Å². The lowest BCUT2D eigenvalue weighted by Crippen LogP contribution is -2.05. The summed E-state index contributed by atoms with van der Waals surface area (Å²) >= 11 is 3.52. The number of fused-ring (bicyclic) bond motifs is 1. The van der Waals surface area contributed by atoms with Crippen LogP contribution >= 0.6 is 15.9 Å². The Morgan fingerprint density at radius 3 is 2.88 bits per heavy atom. The van der Waals surface area contributed by atoms with E-state index in [0.717, 1.165) is 21.1 Å². The van der Waals surface area contributed by atoms with Crippen LogP contribution in [0.5, 0.6) is 5.75 Å².